The third-order valence-corrected chi connectivity index (χ3v) is 3.21. The topological polar surface area (TPSA) is 55.5 Å². The molecule has 3 nitrogen and oxygen atoms in total. The molecule has 0 spiro atoms. The second-order valence-electron chi connectivity index (χ2n) is 4.86. The van der Waals surface area contributed by atoms with Gasteiger partial charge in [0.15, 0.2) is 0 Å². The van der Waals surface area contributed by atoms with E-state index in [-0.39, 0.29) is 24.7 Å². The summed E-state index contributed by atoms with van der Waals surface area (Å²) in [7, 11) is 0. The number of hydrogen-bond acceptors (Lipinski definition) is 3. The molecule has 96 valence electrons. The zero-order valence-electron chi connectivity index (χ0n) is 11.1. The maximum Gasteiger partial charge on any atom is 0.137 e. The van der Waals surface area contributed by atoms with E-state index in [2.05, 4.69) is 0 Å². The lowest BCUT2D eigenvalue weighted by atomic mass is 10.00. The van der Waals surface area contributed by atoms with E-state index in [0.29, 0.717) is 0 Å². The highest BCUT2D eigenvalue weighted by Gasteiger charge is 2.22. The van der Waals surface area contributed by atoms with Crippen LogP contribution in [0.15, 0.2) is 18.2 Å². The van der Waals surface area contributed by atoms with Gasteiger partial charge in [0.05, 0.1) is 6.61 Å². The van der Waals surface area contributed by atoms with Crippen LogP contribution >= 0.6 is 0 Å². The van der Waals surface area contributed by atoms with E-state index in [1.54, 1.807) is 0 Å². The number of benzene rings is 1. The molecule has 3 heteroatoms. The molecule has 0 heterocycles. The Balaban J connectivity index is 2.84. The fourth-order valence-corrected chi connectivity index (χ4v) is 1.68. The van der Waals surface area contributed by atoms with E-state index < -0.39 is 0 Å². The van der Waals surface area contributed by atoms with Gasteiger partial charge >= 0.3 is 0 Å². The van der Waals surface area contributed by atoms with Gasteiger partial charge in [-0.1, -0.05) is 26.0 Å². The predicted molar refractivity (Wildman–Crippen MR) is 70.2 cm³/mol. The van der Waals surface area contributed by atoms with Crippen molar-refractivity contribution in [3.63, 3.8) is 0 Å². The summed E-state index contributed by atoms with van der Waals surface area (Å²) >= 11 is 0. The van der Waals surface area contributed by atoms with Crippen molar-refractivity contribution in [3.8, 4) is 5.75 Å². The Labute approximate surface area is 104 Å². The molecule has 1 aromatic rings. The normalized spacial score (nSPS) is 14.8. The highest BCUT2D eigenvalue weighted by atomic mass is 16.5. The minimum Gasteiger partial charge on any atom is -0.486 e. The first-order chi connectivity index (χ1) is 7.97. The van der Waals surface area contributed by atoms with Gasteiger partial charge < -0.3 is 15.6 Å². The Kier molecular flexibility index (Phi) is 4.97. The number of rotatable bonds is 5. The first kappa shape index (κ1) is 14.0. The van der Waals surface area contributed by atoms with Crippen LogP contribution in [0.1, 0.15) is 25.0 Å². The molecule has 17 heavy (non-hydrogen) atoms. The molecule has 0 saturated heterocycles. The van der Waals surface area contributed by atoms with Gasteiger partial charge in [-0.3, -0.25) is 0 Å². The first-order valence-electron chi connectivity index (χ1n) is 6.06. The number of aliphatic hydroxyl groups excluding tert-OH is 1. The Hall–Kier alpha value is -1.06. The Bertz CT molecular complexity index is 363. The maximum absolute atomic E-state index is 9.36. The van der Waals surface area contributed by atoms with Gasteiger partial charge in [-0.15, -0.1) is 0 Å². The second kappa shape index (κ2) is 6.03. The van der Waals surface area contributed by atoms with Crippen molar-refractivity contribution in [1.82, 2.24) is 0 Å². The number of ether oxygens (including phenoxy) is 1. The second-order valence-corrected chi connectivity index (χ2v) is 4.86. The summed E-state index contributed by atoms with van der Waals surface area (Å²) in [6, 6.07) is 5.74. The molecule has 0 bridgehead atoms. The predicted octanol–water partition coefficient (Wildman–Crippen LogP) is 2.03. The van der Waals surface area contributed by atoms with E-state index in [1.807, 2.05) is 45.9 Å². The van der Waals surface area contributed by atoms with Gasteiger partial charge in [-0.2, -0.15) is 0 Å². The van der Waals surface area contributed by atoms with Crippen molar-refractivity contribution in [3.05, 3.63) is 29.3 Å². The Morgan fingerprint density at radius 3 is 2.47 bits per heavy atom. The van der Waals surface area contributed by atoms with Crippen LogP contribution in [-0.2, 0) is 0 Å². The molecular formula is C14H23NO2. The van der Waals surface area contributed by atoms with Crippen LogP contribution in [-0.4, -0.2) is 23.9 Å². The maximum atomic E-state index is 9.36. The molecule has 0 aliphatic rings. The Morgan fingerprint density at radius 1 is 1.29 bits per heavy atom. The fourth-order valence-electron chi connectivity index (χ4n) is 1.68. The standard InChI is InChI=1S/C14H23NO2/c1-9(2)14(15)13(8-16)17-12-7-5-6-10(3)11(12)4/h5-7,9,13-14,16H,8,15H2,1-4H3. The van der Waals surface area contributed by atoms with Crippen molar-refractivity contribution in [2.45, 2.75) is 39.8 Å². The first-order valence-corrected chi connectivity index (χ1v) is 6.06. The van der Waals surface area contributed by atoms with E-state index in [4.69, 9.17) is 10.5 Å². The molecule has 0 aromatic heterocycles. The van der Waals surface area contributed by atoms with Crippen LogP contribution in [0.2, 0.25) is 0 Å². The van der Waals surface area contributed by atoms with Gasteiger partial charge in [0.2, 0.25) is 0 Å². The van der Waals surface area contributed by atoms with Crippen molar-refractivity contribution in [1.29, 1.82) is 0 Å². The zero-order chi connectivity index (χ0) is 13.0. The molecule has 0 aliphatic heterocycles. The molecule has 1 aromatic carbocycles. The minimum absolute atomic E-state index is 0.0628. The molecule has 0 aliphatic carbocycles. The van der Waals surface area contributed by atoms with Crippen molar-refractivity contribution >= 4 is 0 Å². The SMILES string of the molecule is Cc1cccc(OC(CO)C(N)C(C)C)c1C. The number of hydrogen-bond donors (Lipinski definition) is 2. The molecule has 0 saturated carbocycles. The van der Waals surface area contributed by atoms with Gasteiger partial charge in [-0.05, 0) is 37.0 Å². The molecule has 2 atom stereocenters. The average molecular weight is 237 g/mol. The number of aliphatic hydroxyl groups is 1. The van der Waals surface area contributed by atoms with Crippen LogP contribution in [0.5, 0.6) is 5.75 Å². The molecule has 2 unspecified atom stereocenters. The highest BCUT2D eigenvalue weighted by Crippen LogP contribution is 2.23. The number of nitrogens with two attached hydrogens (primary N) is 1. The van der Waals surface area contributed by atoms with Crippen LogP contribution in [0.25, 0.3) is 0 Å². The van der Waals surface area contributed by atoms with Gasteiger partial charge in [-0.25, -0.2) is 0 Å². The smallest absolute Gasteiger partial charge is 0.137 e. The van der Waals surface area contributed by atoms with Crippen LogP contribution < -0.4 is 10.5 Å². The summed E-state index contributed by atoms with van der Waals surface area (Å²) < 4.78 is 5.82. The van der Waals surface area contributed by atoms with Gasteiger partial charge in [0.25, 0.3) is 0 Å². The van der Waals surface area contributed by atoms with Crippen molar-refractivity contribution in [2.75, 3.05) is 6.61 Å². The largest absolute Gasteiger partial charge is 0.486 e. The average Bonchev–Trinajstić information content (AvgIpc) is 2.30. The molecular weight excluding hydrogens is 214 g/mol. The Morgan fingerprint density at radius 2 is 1.94 bits per heavy atom. The minimum atomic E-state index is -0.351. The summed E-state index contributed by atoms with van der Waals surface area (Å²) in [5, 5.41) is 9.36. The lowest BCUT2D eigenvalue weighted by Gasteiger charge is -2.27. The number of aryl methyl sites for hydroxylation is 1. The van der Waals surface area contributed by atoms with E-state index in [1.165, 1.54) is 5.56 Å². The summed E-state index contributed by atoms with van der Waals surface area (Å²) in [4.78, 5) is 0. The van der Waals surface area contributed by atoms with Crippen molar-refractivity contribution < 1.29 is 9.84 Å². The summed E-state index contributed by atoms with van der Waals surface area (Å²) in [6.07, 6.45) is -0.351. The van der Waals surface area contributed by atoms with Crippen LogP contribution in [0.4, 0.5) is 0 Å². The van der Waals surface area contributed by atoms with Crippen LogP contribution in [0, 0.1) is 19.8 Å². The summed E-state index contributed by atoms with van der Waals surface area (Å²) in [6.45, 7) is 8.05. The quantitative estimate of drug-likeness (QED) is 0.824. The lowest BCUT2D eigenvalue weighted by Crippen LogP contribution is -2.45. The van der Waals surface area contributed by atoms with E-state index in [0.717, 1.165) is 11.3 Å². The monoisotopic (exact) mass is 237 g/mol. The summed E-state index contributed by atoms with van der Waals surface area (Å²) in [5.74, 6) is 1.08. The summed E-state index contributed by atoms with van der Waals surface area (Å²) in [5.41, 5.74) is 8.30. The molecule has 0 amide bonds. The lowest BCUT2D eigenvalue weighted by molar-refractivity contribution is 0.0804. The molecule has 1 rings (SSSR count). The highest BCUT2D eigenvalue weighted by molar-refractivity contribution is 5.38. The molecule has 0 radical (unpaired) electrons. The van der Waals surface area contributed by atoms with Crippen LogP contribution in [0.3, 0.4) is 0 Å². The zero-order valence-corrected chi connectivity index (χ0v) is 11.1. The third-order valence-electron chi connectivity index (χ3n) is 3.21. The molecule has 0 fully saturated rings. The van der Waals surface area contributed by atoms with E-state index >= 15 is 0 Å². The third kappa shape index (κ3) is 3.45. The van der Waals surface area contributed by atoms with Gasteiger partial charge in [0, 0.05) is 6.04 Å². The molecule has 3 N–H and O–H groups in total. The van der Waals surface area contributed by atoms with E-state index in [9.17, 15) is 5.11 Å². The van der Waals surface area contributed by atoms with Gasteiger partial charge in [0.1, 0.15) is 11.9 Å². The fraction of sp³-hybridized carbons (Fsp3) is 0.571. The van der Waals surface area contributed by atoms with Crippen molar-refractivity contribution in [2.24, 2.45) is 11.7 Å².